The first kappa shape index (κ1) is 19.3. The van der Waals surface area contributed by atoms with Gasteiger partial charge in [-0.1, -0.05) is 12.1 Å². The molecule has 3 aromatic rings. The zero-order valence-corrected chi connectivity index (χ0v) is 16.2. The van der Waals surface area contributed by atoms with Gasteiger partial charge in [-0.15, -0.1) is 0 Å². The van der Waals surface area contributed by atoms with Crippen LogP contribution in [0.25, 0.3) is 0 Å². The maximum absolute atomic E-state index is 5.38. The molecule has 7 heteroatoms. The van der Waals surface area contributed by atoms with Crippen LogP contribution in [-0.2, 0) is 6.42 Å². The molecule has 1 heterocycles. The van der Waals surface area contributed by atoms with Crippen molar-refractivity contribution in [1.82, 2.24) is 9.97 Å². The molecule has 146 valence electrons. The van der Waals surface area contributed by atoms with Crippen molar-refractivity contribution in [3.63, 3.8) is 0 Å². The van der Waals surface area contributed by atoms with Crippen LogP contribution in [0, 0.1) is 0 Å². The normalized spacial score (nSPS) is 10.2. The van der Waals surface area contributed by atoms with Gasteiger partial charge < -0.3 is 24.8 Å². The standard InChI is InChI=1S/C21H24N4O3/c1-26-16-6-4-15(5-7-16)10-12-22-20-11-13-23-21(25-20)24-18-14-17(27-2)8-9-19(18)28-3/h4-9,11,13-14H,10,12H2,1-3H3,(H2,22,23,24,25). The van der Waals surface area contributed by atoms with Crippen LogP contribution in [-0.4, -0.2) is 37.8 Å². The maximum Gasteiger partial charge on any atom is 0.229 e. The van der Waals surface area contributed by atoms with Gasteiger partial charge in [-0.2, -0.15) is 4.98 Å². The van der Waals surface area contributed by atoms with Crippen molar-refractivity contribution < 1.29 is 14.2 Å². The lowest BCUT2D eigenvalue weighted by Gasteiger charge is -2.12. The Balaban J connectivity index is 1.62. The number of nitrogens with zero attached hydrogens (tertiary/aromatic N) is 2. The quantitative estimate of drug-likeness (QED) is 0.583. The van der Waals surface area contributed by atoms with Gasteiger partial charge in [0, 0.05) is 18.8 Å². The Morgan fingerprint density at radius 1 is 0.857 bits per heavy atom. The Hall–Kier alpha value is -3.48. The molecule has 0 fully saturated rings. The summed E-state index contributed by atoms with van der Waals surface area (Å²) in [6.45, 7) is 0.755. The summed E-state index contributed by atoms with van der Waals surface area (Å²) >= 11 is 0. The van der Waals surface area contributed by atoms with E-state index in [1.807, 2.05) is 36.4 Å². The minimum atomic E-state index is 0.473. The number of hydrogen-bond acceptors (Lipinski definition) is 7. The van der Waals surface area contributed by atoms with E-state index in [1.54, 1.807) is 27.5 Å². The molecular weight excluding hydrogens is 356 g/mol. The number of nitrogens with one attached hydrogen (secondary N) is 2. The fraction of sp³-hybridized carbons (Fsp3) is 0.238. The Bertz CT molecular complexity index is 900. The monoisotopic (exact) mass is 380 g/mol. The molecule has 2 aromatic carbocycles. The van der Waals surface area contributed by atoms with Crippen LogP contribution in [0.1, 0.15) is 5.56 Å². The van der Waals surface area contributed by atoms with E-state index in [1.165, 1.54) is 5.56 Å². The summed E-state index contributed by atoms with van der Waals surface area (Å²) in [6.07, 6.45) is 2.58. The van der Waals surface area contributed by atoms with Crippen molar-refractivity contribution >= 4 is 17.5 Å². The van der Waals surface area contributed by atoms with Crippen molar-refractivity contribution in [2.24, 2.45) is 0 Å². The van der Waals surface area contributed by atoms with E-state index in [2.05, 4.69) is 32.7 Å². The molecular formula is C21H24N4O3. The molecule has 28 heavy (non-hydrogen) atoms. The Morgan fingerprint density at radius 3 is 2.32 bits per heavy atom. The lowest BCUT2D eigenvalue weighted by molar-refractivity contribution is 0.405. The van der Waals surface area contributed by atoms with Gasteiger partial charge in [0.1, 0.15) is 23.1 Å². The van der Waals surface area contributed by atoms with Crippen LogP contribution >= 0.6 is 0 Å². The minimum Gasteiger partial charge on any atom is -0.497 e. The third-order valence-electron chi connectivity index (χ3n) is 4.19. The molecule has 2 N–H and O–H groups in total. The fourth-order valence-corrected chi connectivity index (χ4v) is 2.68. The first-order chi connectivity index (χ1) is 13.7. The van der Waals surface area contributed by atoms with Gasteiger partial charge in [0.15, 0.2) is 0 Å². The lowest BCUT2D eigenvalue weighted by atomic mass is 10.1. The van der Waals surface area contributed by atoms with Crippen LogP contribution in [0.5, 0.6) is 17.2 Å². The summed E-state index contributed by atoms with van der Waals surface area (Å²) in [5.41, 5.74) is 1.96. The van der Waals surface area contributed by atoms with E-state index in [0.29, 0.717) is 11.7 Å². The van der Waals surface area contributed by atoms with E-state index in [9.17, 15) is 0 Å². The fourth-order valence-electron chi connectivity index (χ4n) is 2.68. The second kappa shape index (κ2) is 9.45. The van der Waals surface area contributed by atoms with E-state index >= 15 is 0 Å². The molecule has 3 rings (SSSR count). The molecule has 0 radical (unpaired) electrons. The van der Waals surface area contributed by atoms with E-state index in [-0.39, 0.29) is 0 Å². The number of methoxy groups -OCH3 is 3. The average molecular weight is 380 g/mol. The smallest absolute Gasteiger partial charge is 0.229 e. The zero-order valence-electron chi connectivity index (χ0n) is 16.2. The average Bonchev–Trinajstić information content (AvgIpc) is 2.74. The molecule has 0 aliphatic carbocycles. The van der Waals surface area contributed by atoms with Crippen LogP contribution in [0.2, 0.25) is 0 Å². The molecule has 0 aliphatic heterocycles. The number of anilines is 3. The van der Waals surface area contributed by atoms with Crippen molar-refractivity contribution in [3.05, 3.63) is 60.3 Å². The minimum absolute atomic E-state index is 0.473. The second-order valence-corrected chi connectivity index (χ2v) is 5.98. The van der Waals surface area contributed by atoms with Crippen LogP contribution in [0.4, 0.5) is 17.5 Å². The molecule has 0 saturated carbocycles. The SMILES string of the molecule is COc1ccc(CCNc2ccnc(Nc3cc(OC)ccc3OC)n2)cc1. The van der Waals surface area contributed by atoms with E-state index in [0.717, 1.165) is 36.0 Å². The molecule has 0 atom stereocenters. The van der Waals surface area contributed by atoms with Gasteiger partial charge in [0.05, 0.1) is 27.0 Å². The predicted molar refractivity (Wildman–Crippen MR) is 110 cm³/mol. The number of rotatable bonds is 9. The summed E-state index contributed by atoms with van der Waals surface area (Å²) in [7, 11) is 4.90. The summed E-state index contributed by atoms with van der Waals surface area (Å²) in [5, 5.41) is 6.50. The highest BCUT2D eigenvalue weighted by Crippen LogP contribution is 2.30. The van der Waals surface area contributed by atoms with Crippen LogP contribution in [0.15, 0.2) is 54.7 Å². The number of benzene rings is 2. The largest absolute Gasteiger partial charge is 0.497 e. The molecule has 0 aliphatic rings. The van der Waals surface area contributed by atoms with Crippen LogP contribution in [0.3, 0.4) is 0 Å². The summed E-state index contributed by atoms with van der Waals surface area (Å²) in [5.74, 6) is 3.48. The highest BCUT2D eigenvalue weighted by molar-refractivity contribution is 5.65. The molecule has 0 spiro atoms. The van der Waals surface area contributed by atoms with Gasteiger partial charge in [-0.3, -0.25) is 0 Å². The van der Waals surface area contributed by atoms with E-state index in [4.69, 9.17) is 14.2 Å². The van der Waals surface area contributed by atoms with Crippen LogP contribution < -0.4 is 24.8 Å². The Morgan fingerprint density at radius 2 is 1.61 bits per heavy atom. The van der Waals surface area contributed by atoms with Gasteiger partial charge in [-0.25, -0.2) is 4.98 Å². The van der Waals surface area contributed by atoms with Gasteiger partial charge in [0.25, 0.3) is 0 Å². The van der Waals surface area contributed by atoms with Crippen molar-refractivity contribution in [2.45, 2.75) is 6.42 Å². The summed E-state index contributed by atoms with van der Waals surface area (Å²) < 4.78 is 15.8. The van der Waals surface area contributed by atoms with E-state index < -0.39 is 0 Å². The zero-order chi connectivity index (χ0) is 19.8. The Labute approximate surface area is 164 Å². The van der Waals surface area contributed by atoms with Crippen molar-refractivity contribution in [2.75, 3.05) is 38.5 Å². The van der Waals surface area contributed by atoms with Gasteiger partial charge in [-0.05, 0) is 42.3 Å². The summed E-state index contributed by atoms with van der Waals surface area (Å²) in [4.78, 5) is 8.79. The molecule has 7 nitrogen and oxygen atoms in total. The van der Waals surface area contributed by atoms with Gasteiger partial charge in [0.2, 0.25) is 5.95 Å². The second-order valence-electron chi connectivity index (χ2n) is 5.98. The first-order valence-electron chi connectivity index (χ1n) is 8.90. The third-order valence-corrected chi connectivity index (χ3v) is 4.19. The van der Waals surface area contributed by atoms with Gasteiger partial charge >= 0.3 is 0 Å². The molecule has 0 unspecified atom stereocenters. The number of ether oxygens (including phenoxy) is 3. The molecule has 1 aromatic heterocycles. The van der Waals surface area contributed by atoms with Crippen molar-refractivity contribution in [1.29, 1.82) is 0 Å². The van der Waals surface area contributed by atoms with Crippen molar-refractivity contribution in [3.8, 4) is 17.2 Å². The molecule has 0 saturated heterocycles. The number of aromatic nitrogens is 2. The molecule has 0 bridgehead atoms. The lowest BCUT2D eigenvalue weighted by Crippen LogP contribution is -2.08. The highest BCUT2D eigenvalue weighted by Gasteiger charge is 2.07. The third kappa shape index (κ3) is 5.03. The topological polar surface area (TPSA) is 77.5 Å². The maximum atomic E-state index is 5.38. The number of hydrogen-bond donors (Lipinski definition) is 2. The summed E-state index contributed by atoms with van der Waals surface area (Å²) in [6, 6.07) is 15.4. The first-order valence-corrected chi connectivity index (χ1v) is 8.90. The Kier molecular flexibility index (Phi) is 6.51. The highest BCUT2D eigenvalue weighted by atomic mass is 16.5. The molecule has 0 amide bonds. The predicted octanol–water partition coefficient (Wildman–Crippen LogP) is 3.90.